The molecule has 0 bridgehead atoms. The van der Waals surface area contributed by atoms with E-state index in [1.807, 2.05) is 66.7 Å². The van der Waals surface area contributed by atoms with Crippen LogP contribution in [0, 0.1) is 0 Å². The molecular weight excluding hydrogens is 350 g/mol. The zero-order chi connectivity index (χ0) is 15.6. The van der Waals surface area contributed by atoms with Crippen molar-refractivity contribution in [2.75, 3.05) is 0 Å². The molecule has 0 aliphatic rings. The molecule has 0 unspecified atom stereocenters. The van der Waals surface area contributed by atoms with Crippen LogP contribution in [0.3, 0.4) is 0 Å². The molecule has 0 spiro atoms. The van der Waals surface area contributed by atoms with Gasteiger partial charge in [-0.15, -0.1) is 0 Å². The van der Waals surface area contributed by atoms with Gasteiger partial charge in [0.2, 0.25) is 0 Å². The molecule has 3 aromatic rings. The Hall–Kier alpha value is -1.11. The standard InChI is InChI=1S/C18H13Cl2PS/c19-14-6-10-17(11-7-14)21(22,16-4-2-1-3-5-16)18-12-8-15(20)9-13-18/h1-13H. The summed E-state index contributed by atoms with van der Waals surface area (Å²) in [6, 6.07) is 23.9. The van der Waals surface area contributed by atoms with E-state index in [0.717, 1.165) is 26.0 Å². The average Bonchev–Trinajstić information content (AvgIpc) is 2.56. The Balaban J connectivity index is 2.25. The Morgan fingerprint density at radius 3 is 1.32 bits per heavy atom. The Bertz CT molecular complexity index is 762. The molecule has 0 radical (unpaired) electrons. The van der Waals surface area contributed by atoms with Crippen molar-refractivity contribution in [3.63, 3.8) is 0 Å². The van der Waals surface area contributed by atoms with Crippen molar-refractivity contribution in [2.45, 2.75) is 0 Å². The van der Waals surface area contributed by atoms with E-state index in [1.165, 1.54) is 0 Å². The van der Waals surface area contributed by atoms with Crippen LogP contribution in [0.15, 0.2) is 78.9 Å². The fraction of sp³-hybridized carbons (Fsp3) is 0. The van der Waals surface area contributed by atoms with Gasteiger partial charge in [0.05, 0.1) is 0 Å². The first-order valence-corrected chi connectivity index (χ1v) is 10.3. The Kier molecular flexibility index (Phi) is 4.70. The van der Waals surface area contributed by atoms with Crippen LogP contribution in [0.4, 0.5) is 0 Å². The molecule has 0 aliphatic carbocycles. The van der Waals surface area contributed by atoms with Crippen molar-refractivity contribution in [2.24, 2.45) is 0 Å². The first kappa shape index (κ1) is 15.8. The fourth-order valence-electron chi connectivity index (χ4n) is 2.39. The predicted molar refractivity (Wildman–Crippen MR) is 103 cm³/mol. The maximum Gasteiger partial charge on any atom is 0.0406 e. The first-order valence-electron chi connectivity index (χ1n) is 6.78. The molecule has 0 saturated carbocycles. The van der Waals surface area contributed by atoms with Crippen LogP contribution in [0.5, 0.6) is 0 Å². The lowest BCUT2D eigenvalue weighted by molar-refractivity contribution is 1.73. The van der Waals surface area contributed by atoms with Gasteiger partial charge in [-0.1, -0.05) is 89.6 Å². The first-order chi connectivity index (χ1) is 10.6. The number of benzene rings is 3. The fourth-order valence-corrected chi connectivity index (χ4v) is 6.36. The van der Waals surface area contributed by atoms with Crippen molar-refractivity contribution < 1.29 is 0 Å². The predicted octanol–water partition coefficient (Wildman–Crippen LogP) is 4.75. The summed E-state index contributed by atoms with van der Waals surface area (Å²) in [4.78, 5) is 0. The van der Waals surface area contributed by atoms with Gasteiger partial charge in [0, 0.05) is 16.1 Å². The summed E-state index contributed by atoms with van der Waals surface area (Å²) in [5.41, 5.74) is 0. The van der Waals surface area contributed by atoms with E-state index in [4.69, 9.17) is 35.0 Å². The molecule has 0 N–H and O–H groups in total. The van der Waals surface area contributed by atoms with Gasteiger partial charge in [-0.05, 0) is 40.2 Å². The summed E-state index contributed by atoms with van der Waals surface area (Å²) < 4.78 is 0. The van der Waals surface area contributed by atoms with Crippen molar-refractivity contribution in [1.82, 2.24) is 0 Å². The molecule has 0 amide bonds. The van der Waals surface area contributed by atoms with Gasteiger partial charge in [-0.3, -0.25) is 0 Å². The molecule has 0 atom stereocenters. The Labute approximate surface area is 145 Å². The Morgan fingerprint density at radius 2 is 0.909 bits per heavy atom. The highest BCUT2D eigenvalue weighted by molar-refractivity contribution is 8.25. The van der Waals surface area contributed by atoms with Crippen LogP contribution in [-0.2, 0) is 11.8 Å². The number of rotatable bonds is 3. The molecule has 4 heteroatoms. The number of halogens is 2. The van der Waals surface area contributed by atoms with Crippen LogP contribution < -0.4 is 15.9 Å². The zero-order valence-corrected chi connectivity index (χ0v) is 14.8. The maximum atomic E-state index is 6.21. The largest absolute Gasteiger partial charge is 0.0843 e. The normalized spacial score (nSPS) is 11.4. The van der Waals surface area contributed by atoms with Crippen LogP contribution in [0.25, 0.3) is 0 Å². The zero-order valence-electron chi connectivity index (χ0n) is 11.6. The highest BCUT2D eigenvalue weighted by Crippen LogP contribution is 2.43. The Morgan fingerprint density at radius 1 is 0.545 bits per heavy atom. The van der Waals surface area contributed by atoms with Gasteiger partial charge in [-0.25, -0.2) is 0 Å². The van der Waals surface area contributed by atoms with E-state index < -0.39 is 6.04 Å². The van der Waals surface area contributed by atoms with Crippen LogP contribution >= 0.6 is 29.2 Å². The third-order valence-electron chi connectivity index (χ3n) is 3.50. The smallest absolute Gasteiger partial charge is 0.0406 e. The third kappa shape index (κ3) is 3.00. The highest BCUT2D eigenvalue weighted by Gasteiger charge is 2.24. The van der Waals surface area contributed by atoms with Gasteiger partial charge >= 0.3 is 0 Å². The van der Waals surface area contributed by atoms with Crippen molar-refractivity contribution in [3.05, 3.63) is 88.9 Å². The second kappa shape index (κ2) is 6.56. The van der Waals surface area contributed by atoms with Gasteiger partial charge in [-0.2, -0.15) is 0 Å². The number of hydrogen-bond acceptors (Lipinski definition) is 1. The minimum Gasteiger partial charge on any atom is -0.0843 e. The molecule has 0 aromatic heterocycles. The van der Waals surface area contributed by atoms with Crippen molar-refractivity contribution in [1.29, 1.82) is 0 Å². The van der Waals surface area contributed by atoms with Crippen molar-refractivity contribution in [3.8, 4) is 0 Å². The van der Waals surface area contributed by atoms with E-state index in [0.29, 0.717) is 0 Å². The van der Waals surface area contributed by atoms with Gasteiger partial charge in [0.25, 0.3) is 0 Å². The summed E-state index contributed by atoms with van der Waals surface area (Å²) in [5.74, 6) is 0. The van der Waals surface area contributed by atoms with Crippen LogP contribution in [0.1, 0.15) is 0 Å². The van der Waals surface area contributed by atoms with E-state index in [-0.39, 0.29) is 0 Å². The van der Waals surface area contributed by atoms with E-state index >= 15 is 0 Å². The summed E-state index contributed by atoms with van der Waals surface area (Å²) in [5, 5.41) is 4.85. The van der Waals surface area contributed by atoms with E-state index in [1.54, 1.807) is 0 Å². The van der Waals surface area contributed by atoms with Gasteiger partial charge in [0.1, 0.15) is 0 Å². The molecule has 3 aromatic carbocycles. The minimum absolute atomic E-state index is 0.717. The number of hydrogen-bond donors (Lipinski definition) is 0. The van der Waals surface area contributed by atoms with Gasteiger partial charge in [0.15, 0.2) is 0 Å². The summed E-state index contributed by atoms with van der Waals surface area (Å²) in [6.45, 7) is 0. The van der Waals surface area contributed by atoms with Crippen LogP contribution in [0.2, 0.25) is 10.0 Å². The molecule has 0 fully saturated rings. The third-order valence-corrected chi connectivity index (χ3v) is 8.98. The van der Waals surface area contributed by atoms with Gasteiger partial charge < -0.3 is 0 Å². The van der Waals surface area contributed by atoms with E-state index in [2.05, 4.69) is 12.1 Å². The summed E-state index contributed by atoms with van der Waals surface area (Å²) in [6.07, 6.45) is 0. The van der Waals surface area contributed by atoms with E-state index in [9.17, 15) is 0 Å². The molecule has 0 saturated heterocycles. The van der Waals surface area contributed by atoms with Crippen molar-refractivity contribution >= 4 is 57.0 Å². The SMILES string of the molecule is S=P(c1ccccc1)(c1ccc(Cl)cc1)c1ccc(Cl)cc1. The molecule has 3 rings (SSSR count). The lowest BCUT2D eigenvalue weighted by Crippen LogP contribution is -2.24. The second-order valence-corrected chi connectivity index (χ2v) is 10.2. The lowest BCUT2D eigenvalue weighted by Gasteiger charge is -2.24. The summed E-state index contributed by atoms with van der Waals surface area (Å²) in [7, 11) is 0. The lowest BCUT2D eigenvalue weighted by atomic mass is 10.3. The molecule has 110 valence electrons. The second-order valence-electron chi connectivity index (χ2n) is 4.90. The monoisotopic (exact) mass is 362 g/mol. The average molecular weight is 363 g/mol. The molecule has 0 nitrogen and oxygen atoms in total. The minimum atomic E-state index is -2.10. The maximum absolute atomic E-state index is 6.21. The summed E-state index contributed by atoms with van der Waals surface area (Å²) >= 11 is 18.3. The molecule has 0 heterocycles. The highest BCUT2D eigenvalue weighted by atomic mass is 35.5. The molecule has 22 heavy (non-hydrogen) atoms. The quantitative estimate of drug-likeness (QED) is 0.606. The molecule has 0 aliphatic heterocycles. The molecular formula is C18H13Cl2PS. The topological polar surface area (TPSA) is 0 Å². The van der Waals surface area contributed by atoms with Crippen LogP contribution in [-0.4, -0.2) is 0 Å².